The molecule has 3 rings (SSSR count). The Balaban J connectivity index is 2.24. The molecule has 1 fully saturated rings. The highest BCUT2D eigenvalue weighted by atomic mass is 16.6. The number of rotatable bonds is 5. The zero-order valence-corrected chi connectivity index (χ0v) is 16.8. The summed E-state index contributed by atoms with van der Waals surface area (Å²) in [7, 11) is 1.41. The lowest BCUT2D eigenvalue weighted by Gasteiger charge is -2.29. The van der Waals surface area contributed by atoms with Gasteiger partial charge in [0, 0.05) is 11.3 Å². The van der Waals surface area contributed by atoms with Crippen LogP contribution in [-0.2, 0) is 14.3 Å². The number of nitrogen functional groups attached to an aromatic ring is 1. The topological polar surface area (TPSA) is 61.5 Å². The predicted molar refractivity (Wildman–Crippen MR) is 109 cm³/mol. The third kappa shape index (κ3) is 4.33. The second-order valence-electron chi connectivity index (χ2n) is 8.29. The number of ether oxygens (including phenoxy) is 2. The summed E-state index contributed by atoms with van der Waals surface area (Å²) in [6.07, 6.45) is 1.57. The van der Waals surface area contributed by atoms with E-state index in [0.717, 1.165) is 27.9 Å². The van der Waals surface area contributed by atoms with Crippen LogP contribution in [0.15, 0.2) is 36.4 Å². The fourth-order valence-corrected chi connectivity index (χ4v) is 3.47. The molecule has 144 valence electrons. The minimum Gasteiger partial charge on any atom is -0.467 e. The first-order valence-corrected chi connectivity index (χ1v) is 9.46. The van der Waals surface area contributed by atoms with E-state index in [1.165, 1.54) is 25.5 Å². The van der Waals surface area contributed by atoms with Crippen molar-refractivity contribution in [2.45, 2.75) is 58.2 Å². The van der Waals surface area contributed by atoms with Gasteiger partial charge in [0.15, 0.2) is 6.10 Å². The van der Waals surface area contributed by atoms with Gasteiger partial charge in [-0.3, -0.25) is 0 Å². The molecule has 2 aromatic carbocycles. The highest BCUT2D eigenvalue weighted by Crippen LogP contribution is 2.48. The highest BCUT2D eigenvalue weighted by molar-refractivity contribution is 5.84. The van der Waals surface area contributed by atoms with E-state index >= 15 is 0 Å². The van der Waals surface area contributed by atoms with E-state index in [9.17, 15) is 4.79 Å². The van der Waals surface area contributed by atoms with Gasteiger partial charge in [-0.2, -0.15) is 0 Å². The van der Waals surface area contributed by atoms with Crippen molar-refractivity contribution in [1.29, 1.82) is 0 Å². The average Bonchev–Trinajstić information content (AvgIpc) is 3.44. The molecule has 1 saturated carbocycles. The third-order valence-corrected chi connectivity index (χ3v) is 4.86. The van der Waals surface area contributed by atoms with E-state index in [0.29, 0.717) is 5.92 Å². The number of anilines is 1. The second-order valence-corrected chi connectivity index (χ2v) is 8.29. The molecular weight excluding hydrogens is 338 g/mol. The van der Waals surface area contributed by atoms with Gasteiger partial charge in [0.25, 0.3) is 0 Å². The molecular formula is C23H29NO3. The van der Waals surface area contributed by atoms with Crippen molar-refractivity contribution in [3.63, 3.8) is 0 Å². The monoisotopic (exact) mass is 367 g/mol. The van der Waals surface area contributed by atoms with Crippen molar-refractivity contribution in [2.75, 3.05) is 12.8 Å². The van der Waals surface area contributed by atoms with Crippen molar-refractivity contribution in [3.05, 3.63) is 53.1 Å². The van der Waals surface area contributed by atoms with Crippen LogP contribution in [0.25, 0.3) is 11.1 Å². The molecule has 0 bridgehead atoms. The van der Waals surface area contributed by atoms with E-state index in [4.69, 9.17) is 15.2 Å². The van der Waals surface area contributed by atoms with E-state index < -0.39 is 11.7 Å². The van der Waals surface area contributed by atoms with Crippen molar-refractivity contribution < 1.29 is 14.3 Å². The van der Waals surface area contributed by atoms with Crippen LogP contribution in [0.3, 0.4) is 0 Å². The molecule has 0 aromatic heterocycles. The summed E-state index contributed by atoms with van der Waals surface area (Å²) in [6.45, 7) is 7.87. The van der Waals surface area contributed by atoms with Crippen LogP contribution >= 0.6 is 0 Å². The molecule has 2 aromatic rings. The van der Waals surface area contributed by atoms with E-state index in [-0.39, 0.29) is 5.97 Å². The number of hydrogen-bond acceptors (Lipinski definition) is 4. The Bertz CT molecular complexity index is 830. The van der Waals surface area contributed by atoms with Gasteiger partial charge in [-0.1, -0.05) is 24.3 Å². The molecule has 0 spiro atoms. The summed E-state index contributed by atoms with van der Waals surface area (Å²) >= 11 is 0. The number of carbonyl (C=O) groups excluding carboxylic acids is 1. The Morgan fingerprint density at radius 3 is 2.26 bits per heavy atom. The Morgan fingerprint density at radius 1 is 1.11 bits per heavy atom. The van der Waals surface area contributed by atoms with Crippen molar-refractivity contribution in [1.82, 2.24) is 0 Å². The van der Waals surface area contributed by atoms with Crippen molar-refractivity contribution >= 4 is 11.7 Å². The van der Waals surface area contributed by atoms with Crippen LogP contribution in [0.5, 0.6) is 0 Å². The smallest absolute Gasteiger partial charge is 0.339 e. The van der Waals surface area contributed by atoms with Crippen LogP contribution < -0.4 is 5.73 Å². The lowest BCUT2D eigenvalue weighted by atomic mass is 9.86. The largest absolute Gasteiger partial charge is 0.467 e. The zero-order chi connectivity index (χ0) is 19.8. The van der Waals surface area contributed by atoms with Crippen LogP contribution in [0, 0.1) is 6.92 Å². The average molecular weight is 367 g/mol. The van der Waals surface area contributed by atoms with Crippen LogP contribution in [-0.4, -0.2) is 18.7 Å². The molecule has 1 unspecified atom stereocenters. The molecule has 0 aliphatic heterocycles. The number of hydrogen-bond donors (Lipinski definition) is 1. The quantitative estimate of drug-likeness (QED) is 0.586. The van der Waals surface area contributed by atoms with Gasteiger partial charge in [-0.25, -0.2) is 4.79 Å². The van der Waals surface area contributed by atoms with Gasteiger partial charge >= 0.3 is 5.97 Å². The van der Waals surface area contributed by atoms with Gasteiger partial charge in [0.2, 0.25) is 0 Å². The molecule has 0 saturated heterocycles. The minimum atomic E-state index is -0.777. The fourth-order valence-electron chi connectivity index (χ4n) is 3.47. The maximum absolute atomic E-state index is 12.7. The molecule has 0 heterocycles. The fraction of sp³-hybridized carbons (Fsp3) is 0.435. The van der Waals surface area contributed by atoms with E-state index in [2.05, 4.69) is 12.1 Å². The first kappa shape index (κ1) is 19.4. The van der Waals surface area contributed by atoms with Gasteiger partial charge in [-0.15, -0.1) is 0 Å². The number of esters is 1. The number of nitrogens with two attached hydrogens (primary N) is 1. The van der Waals surface area contributed by atoms with Gasteiger partial charge in [0.1, 0.15) is 0 Å². The Labute approximate surface area is 161 Å². The predicted octanol–water partition coefficient (Wildman–Crippen LogP) is 5.15. The molecule has 1 aliphatic rings. The molecule has 4 heteroatoms. The summed E-state index contributed by atoms with van der Waals surface area (Å²) < 4.78 is 11.3. The molecule has 1 atom stereocenters. The minimum absolute atomic E-state index is 0.377. The SMILES string of the molecule is COC(=O)C(OC(C)(C)C)c1c(C)ccc(C2CC2)c1-c1ccc(N)cc1. The second kappa shape index (κ2) is 7.35. The number of methoxy groups -OCH3 is 1. The van der Waals surface area contributed by atoms with E-state index in [1.807, 2.05) is 52.0 Å². The zero-order valence-electron chi connectivity index (χ0n) is 16.8. The molecule has 27 heavy (non-hydrogen) atoms. The van der Waals surface area contributed by atoms with E-state index in [1.54, 1.807) is 0 Å². The standard InChI is InChI=1S/C23H29NO3/c1-14-6-13-18(15-7-8-15)20(16-9-11-17(24)12-10-16)19(14)21(22(25)26-5)27-23(2,3)4/h6,9-13,15,21H,7-8,24H2,1-5H3. The lowest BCUT2D eigenvalue weighted by molar-refractivity contribution is -0.164. The molecule has 0 radical (unpaired) electrons. The van der Waals surface area contributed by atoms with Gasteiger partial charge < -0.3 is 15.2 Å². The Morgan fingerprint density at radius 2 is 1.74 bits per heavy atom. The van der Waals surface area contributed by atoms with Crippen LogP contribution in [0.4, 0.5) is 5.69 Å². The Hall–Kier alpha value is -2.33. The first-order valence-electron chi connectivity index (χ1n) is 9.46. The summed E-state index contributed by atoms with van der Waals surface area (Å²) in [5.74, 6) is 0.155. The summed E-state index contributed by atoms with van der Waals surface area (Å²) in [6, 6.07) is 12.1. The number of carbonyl (C=O) groups is 1. The Kier molecular flexibility index (Phi) is 5.29. The maximum Gasteiger partial charge on any atom is 0.339 e. The molecule has 0 amide bonds. The van der Waals surface area contributed by atoms with Crippen LogP contribution in [0.1, 0.15) is 62.3 Å². The summed E-state index contributed by atoms with van der Waals surface area (Å²) in [5, 5.41) is 0. The summed E-state index contributed by atoms with van der Waals surface area (Å²) in [4.78, 5) is 12.7. The highest BCUT2D eigenvalue weighted by Gasteiger charge is 2.35. The number of benzene rings is 2. The third-order valence-electron chi connectivity index (χ3n) is 4.86. The van der Waals surface area contributed by atoms with Crippen molar-refractivity contribution in [3.8, 4) is 11.1 Å². The molecule has 1 aliphatic carbocycles. The number of aryl methyl sites for hydroxylation is 1. The van der Waals surface area contributed by atoms with Gasteiger partial charge in [0.05, 0.1) is 12.7 Å². The maximum atomic E-state index is 12.7. The normalized spacial score (nSPS) is 15.4. The first-order chi connectivity index (χ1) is 12.7. The lowest BCUT2D eigenvalue weighted by Crippen LogP contribution is -2.29. The van der Waals surface area contributed by atoms with Gasteiger partial charge in [-0.05, 0) is 80.8 Å². The molecule has 4 nitrogen and oxygen atoms in total. The van der Waals surface area contributed by atoms with Crippen molar-refractivity contribution in [2.24, 2.45) is 0 Å². The van der Waals surface area contributed by atoms with Crippen LogP contribution in [0.2, 0.25) is 0 Å². The molecule has 2 N–H and O–H groups in total. The summed E-state index contributed by atoms with van der Waals surface area (Å²) in [5.41, 5.74) is 11.4.